The summed E-state index contributed by atoms with van der Waals surface area (Å²) in [5, 5.41) is 11.9. The van der Waals surface area contributed by atoms with Crippen molar-refractivity contribution < 1.29 is 24.2 Å². The topological polar surface area (TPSA) is 97.8 Å². The van der Waals surface area contributed by atoms with Crippen LogP contribution in [0.1, 0.15) is 18.4 Å². The number of hydrogen-bond donors (Lipinski definition) is 2. The number of nitrogens with zero attached hydrogens (tertiary/aromatic N) is 1. The van der Waals surface area contributed by atoms with Gasteiger partial charge in [-0.1, -0.05) is 12.1 Å². The van der Waals surface area contributed by atoms with Gasteiger partial charge in [-0.15, -0.1) is 0 Å². The Balaban J connectivity index is 1.65. The van der Waals surface area contributed by atoms with Gasteiger partial charge in [-0.05, 0) is 31.0 Å². The summed E-state index contributed by atoms with van der Waals surface area (Å²) >= 11 is 0. The fraction of sp³-hybridized carbons (Fsp3) is 0.316. The van der Waals surface area contributed by atoms with E-state index in [-0.39, 0.29) is 12.5 Å². The van der Waals surface area contributed by atoms with Gasteiger partial charge in [-0.3, -0.25) is 9.59 Å². The highest BCUT2D eigenvalue weighted by molar-refractivity contribution is 5.86. The Morgan fingerprint density at radius 3 is 2.65 bits per heavy atom. The number of carboxylic acids is 1. The molecule has 2 N–H and O–H groups in total. The third-order valence-corrected chi connectivity index (χ3v) is 4.49. The summed E-state index contributed by atoms with van der Waals surface area (Å²) in [6.45, 7) is 0.217. The van der Waals surface area contributed by atoms with Crippen molar-refractivity contribution in [2.45, 2.75) is 19.4 Å². The van der Waals surface area contributed by atoms with Gasteiger partial charge in [0.1, 0.15) is 11.5 Å². The largest absolute Gasteiger partial charge is 0.497 e. The summed E-state index contributed by atoms with van der Waals surface area (Å²) < 4.78 is 11.0. The van der Waals surface area contributed by atoms with E-state index in [2.05, 4.69) is 10.3 Å². The highest BCUT2D eigenvalue weighted by atomic mass is 16.5. The minimum Gasteiger partial charge on any atom is -0.497 e. The number of carbonyl (C=O) groups is 2. The normalized spacial score (nSPS) is 18.5. The molecule has 0 spiro atoms. The minimum atomic E-state index is -0.917. The number of aromatic nitrogens is 1. The summed E-state index contributed by atoms with van der Waals surface area (Å²) in [5.74, 6) is -0.606. The fourth-order valence-electron chi connectivity index (χ4n) is 2.85. The van der Waals surface area contributed by atoms with Crippen molar-refractivity contribution in [3.8, 4) is 17.4 Å². The van der Waals surface area contributed by atoms with Gasteiger partial charge >= 0.3 is 5.97 Å². The van der Waals surface area contributed by atoms with E-state index in [9.17, 15) is 9.59 Å². The van der Waals surface area contributed by atoms with Crippen LogP contribution < -0.4 is 14.8 Å². The average molecular weight is 356 g/mol. The van der Waals surface area contributed by atoms with E-state index in [0.29, 0.717) is 35.8 Å². The molecule has 1 heterocycles. The molecule has 0 saturated heterocycles. The summed E-state index contributed by atoms with van der Waals surface area (Å²) in [4.78, 5) is 27.5. The molecule has 1 saturated carbocycles. The van der Waals surface area contributed by atoms with Crippen molar-refractivity contribution in [1.82, 2.24) is 10.3 Å². The van der Waals surface area contributed by atoms with E-state index in [1.807, 2.05) is 6.07 Å². The van der Waals surface area contributed by atoms with Gasteiger partial charge in [-0.25, -0.2) is 4.98 Å². The van der Waals surface area contributed by atoms with Crippen molar-refractivity contribution in [2.75, 3.05) is 7.11 Å². The van der Waals surface area contributed by atoms with E-state index in [1.165, 1.54) is 0 Å². The number of nitrogens with one attached hydrogen (secondary N) is 1. The SMILES string of the molecule is COc1cccc(Oc2ncccc2CNC(=O)C2CCC2C(=O)O)c1. The van der Waals surface area contributed by atoms with Gasteiger partial charge in [0.25, 0.3) is 0 Å². The van der Waals surface area contributed by atoms with Crippen LogP contribution in [0, 0.1) is 11.8 Å². The number of carboxylic acid groups (broad SMARTS) is 1. The second-order valence-corrected chi connectivity index (χ2v) is 6.10. The van der Waals surface area contributed by atoms with Crippen molar-refractivity contribution in [3.63, 3.8) is 0 Å². The number of rotatable bonds is 7. The molecule has 0 bridgehead atoms. The number of hydrogen-bond acceptors (Lipinski definition) is 5. The van der Waals surface area contributed by atoms with Gasteiger partial charge < -0.3 is 19.9 Å². The molecule has 1 aliphatic rings. The number of methoxy groups -OCH3 is 1. The first kappa shape index (κ1) is 17.7. The predicted octanol–water partition coefficient (Wildman–Crippen LogP) is 2.61. The van der Waals surface area contributed by atoms with Crippen LogP contribution >= 0.6 is 0 Å². The molecule has 1 amide bonds. The molecule has 1 aromatic heterocycles. The monoisotopic (exact) mass is 356 g/mol. The number of benzene rings is 1. The summed E-state index contributed by atoms with van der Waals surface area (Å²) in [6, 6.07) is 10.7. The average Bonchev–Trinajstić information content (AvgIpc) is 2.59. The lowest BCUT2D eigenvalue weighted by Gasteiger charge is -2.31. The van der Waals surface area contributed by atoms with Crippen LogP contribution in [-0.4, -0.2) is 29.1 Å². The van der Waals surface area contributed by atoms with Gasteiger partial charge in [0.15, 0.2) is 0 Å². The first-order valence-electron chi connectivity index (χ1n) is 8.35. The minimum absolute atomic E-state index is 0.217. The van der Waals surface area contributed by atoms with Crippen LogP contribution in [0.15, 0.2) is 42.6 Å². The zero-order valence-corrected chi connectivity index (χ0v) is 14.3. The highest BCUT2D eigenvalue weighted by Crippen LogP contribution is 2.34. The van der Waals surface area contributed by atoms with Crippen LogP contribution in [0.25, 0.3) is 0 Å². The molecule has 0 aliphatic heterocycles. The maximum atomic E-state index is 12.2. The van der Waals surface area contributed by atoms with Gasteiger partial charge in [0.05, 0.1) is 18.9 Å². The van der Waals surface area contributed by atoms with E-state index < -0.39 is 17.8 Å². The lowest BCUT2D eigenvalue weighted by atomic mass is 9.73. The van der Waals surface area contributed by atoms with Crippen molar-refractivity contribution in [3.05, 3.63) is 48.2 Å². The molecule has 1 aliphatic carbocycles. The van der Waals surface area contributed by atoms with Gasteiger partial charge in [0.2, 0.25) is 11.8 Å². The first-order valence-corrected chi connectivity index (χ1v) is 8.35. The van der Waals surface area contributed by atoms with Gasteiger partial charge in [0, 0.05) is 24.4 Å². The molecule has 3 rings (SSSR count). The van der Waals surface area contributed by atoms with Crippen LogP contribution in [-0.2, 0) is 16.1 Å². The van der Waals surface area contributed by atoms with E-state index in [1.54, 1.807) is 43.6 Å². The summed E-state index contributed by atoms with van der Waals surface area (Å²) in [6.07, 6.45) is 2.75. The van der Waals surface area contributed by atoms with Crippen molar-refractivity contribution in [1.29, 1.82) is 0 Å². The molecule has 2 atom stereocenters. The van der Waals surface area contributed by atoms with Crippen molar-refractivity contribution >= 4 is 11.9 Å². The summed E-state index contributed by atoms with van der Waals surface area (Å²) in [5.41, 5.74) is 0.704. The second kappa shape index (κ2) is 7.86. The highest BCUT2D eigenvalue weighted by Gasteiger charge is 2.41. The molecular formula is C19H20N2O5. The molecule has 1 aromatic carbocycles. The second-order valence-electron chi connectivity index (χ2n) is 6.10. The molecule has 26 heavy (non-hydrogen) atoms. The maximum Gasteiger partial charge on any atom is 0.307 e. The van der Waals surface area contributed by atoms with Crippen LogP contribution in [0.3, 0.4) is 0 Å². The van der Waals surface area contributed by atoms with Gasteiger partial charge in [-0.2, -0.15) is 0 Å². The molecule has 136 valence electrons. The molecule has 1 fully saturated rings. The van der Waals surface area contributed by atoms with E-state index in [4.69, 9.17) is 14.6 Å². The Labute approximate surface area is 151 Å². The lowest BCUT2D eigenvalue weighted by molar-refractivity contribution is -0.152. The standard InChI is InChI=1S/C19H20N2O5/c1-25-13-5-2-6-14(10-13)26-18-12(4-3-9-20-18)11-21-17(22)15-7-8-16(15)19(23)24/h2-6,9-10,15-16H,7-8,11H2,1H3,(H,21,22)(H,23,24). The zero-order valence-electron chi connectivity index (χ0n) is 14.3. The predicted molar refractivity (Wildman–Crippen MR) is 93.0 cm³/mol. The van der Waals surface area contributed by atoms with Crippen molar-refractivity contribution in [2.24, 2.45) is 11.8 Å². The molecule has 7 heteroatoms. The number of ether oxygens (including phenoxy) is 2. The van der Waals surface area contributed by atoms with Crippen LogP contribution in [0.5, 0.6) is 17.4 Å². The Bertz CT molecular complexity index is 808. The molecule has 0 radical (unpaired) electrons. The molecule has 2 aromatic rings. The van der Waals surface area contributed by atoms with E-state index in [0.717, 1.165) is 0 Å². The number of carbonyl (C=O) groups excluding carboxylic acids is 1. The van der Waals surface area contributed by atoms with Crippen LogP contribution in [0.2, 0.25) is 0 Å². The van der Waals surface area contributed by atoms with Crippen LogP contribution in [0.4, 0.5) is 0 Å². The number of pyridine rings is 1. The Morgan fingerprint density at radius 1 is 1.19 bits per heavy atom. The Hall–Kier alpha value is -3.09. The quantitative estimate of drug-likeness (QED) is 0.791. The first-order chi connectivity index (χ1) is 12.6. The van der Waals surface area contributed by atoms with E-state index >= 15 is 0 Å². The molecule has 7 nitrogen and oxygen atoms in total. The third-order valence-electron chi connectivity index (χ3n) is 4.49. The fourth-order valence-corrected chi connectivity index (χ4v) is 2.85. The maximum absolute atomic E-state index is 12.2. The smallest absolute Gasteiger partial charge is 0.307 e. The Kier molecular flexibility index (Phi) is 5.36. The number of amides is 1. The molecule has 2 unspecified atom stereocenters. The zero-order chi connectivity index (χ0) is 18.5. The third kappa shape index (κ3) is 3.93. The Morgan fingerprint density at radius 2 is 1.96 bits per heavy atom. The lowest BCUT2D eigenvalue weighted by Crippen LogP contribution is -2.43. The summed E-state index contributed by atoms with van der Waals surface area (Å²) in [7, 11) is 1.58. The molecular weight excluding hydrogens is 336 g/mol. The number of aliphatic carboxylic acids is 1.